The molecule has 2 aliphatic rings. The number of nitrogens with zero attached hydrogens (tertiary/aromatic N) is 3. The van der Waals surface area contributed by atoms with Gasteiger partial charge in [-0.2, -0.15) is 4.98 Å². The van der Waals surface area contributed by atoms with Crippen molar-refractivity contribution in [3.8, 4) is 0 Å². The Hall–Kier alpha value is -2.44. The molecule has 0 saturated carbocycles. The monoisotopic (exact) mass is 416 g/mol. The number of H-pyrrole nitrogens is 1. The van der Waals surface area contributed by atoms with Crippen LogP contribution in [0.2, 0.25) is 0 Å². The fraction of sp³-hybridized carbons (Fsp3) is 0.565. The molecule has 2 aromatic rings. The lowest BCUT2D eigenvalue weighted by molar-refractivity contribution is 0.304. The van der Waals surface area contributed by atoms with E-state index in [9.17, 15) is 13.6 Å². The standard InChI is InChI=1S/C23H30F2N4O/c1-4-15-13-16(24)14-18(25)19(15)23(5-2)8-11-29(12-9-23)22-26-20-17(21(30)27-22)7-6-10-28(20)3/h13-14H,4-12H2,1-3H3,(H,26,27,30). The molecule has 0 amide bonds. The molecule has 1 saturated heterocycles. The molecule has 0 spiro atoms. The zero-order chi connectivity index (χ0) is 21.5. The highest BCUT2D eigenvalue weighted by Crippen LogP contribution is 2.42. The molecular formula is C23H30F2N4O. The van der Waals surface area contributed by atoms with E-state index < -0.39 is 11.6 Å². The first-order chi connectivity index (χ1) is 14.4. The SMILES string of the molecule is CCc1cc(F)cc(F)c1C1(CC)CCN(c2nc3c(c(=O)[nH]2)CCCN3C)CC1. The first-order valence-electron chi connectivity index (χ1n) is 11.0. The van der Waals surface area contributed by atoms with E-state index >= 15 is 0 Å². The summed E-state index contributed by atoms with van der Waals surface area (Å²) in [5.41, 5.74) is 1.79. The predicted octanol–water partition coefficient (Wildman–Crippen LogP) is 3.94. The van der Waals surface area contributed by atoms with E-state index in [4.69, 9.17) is 4.98 Å². The first kappa shape index (κ1) is 20.8. The number of hydrogen-bond acceptors (Lipinski definition) is 4. The van der Waals surface area contributed by atoms with E-state index in [0.29, 0.717) is 31.0 Å². The number of aryl methyl sites for hydroxylation is 1. The van der Waals surface area contributed by atoms with Gasteiger partial charge in [-0.25, -0.2) is 8.78 Å². The third kappa shape index (κ3) is 3.48. The average molecular weight is 417 g/mol. The van der Waals surface area contributed by atoms with E-state index in [1.807, 2.05) is 18.9 Å². The van der Waals surface area contributed by atoms with Crippen molar-refractivity contribution in [2.75, 3.05) is 36.5 Å². The van der Waals surface area contributed by atoms with Crippen LogP contribution in [0, 0.1) is 11.6 Å². The van der Waals surface area contributed by atoms with Crippen LogP contribution in [0.3, 0.4) is 0 Å². The van der Waals surface area contributed by atoms with E-state index in [0.717, 1.165) is 61.7 Å². The Morgan fingerprint density at radius 3 is 2.57 bits per heavy atom. The molecule has 0 radical (unpaired) electrons. The van der Waals surface area contributed by atoms with Crippen molar-refractivity contribution in [3.05, 3.63) is 50.8 Å². The summed E-state index contributed by atoms with van der Waals surface area (Å²) < 4.78 is 28.7. The molecule has 0 unspecified atom stereocenters. The fourth-order valence-electron chi connectivity index (χ4n) is 5.19. The Morgan fingerprint density at radius 2 is 1.90 bits per heavy atom. The van der Waals surface area contributed by atoms with Gasteiger partial charge in [-0.3, -0.25) is 9.78 Å². The number of rotatable bonds is 4. The van der Waals surface area contributed by atoms with Crippen LogP contribution in [0.15, 0.2) is 16.9 Å². The maximum absolute atomic E-state index is 14.9. The fourth-order valence-corrected chi connectivity index (χ4v) is 5.19. The molecule has 7 heteroatoms. The van der Waals surface area contributed by atoms with Gasteiger partial charge in [-0.1, -0.05) is 13.8 Å². The quantitative estimate of drug-likeness (QED) is 0.820. The van der Waals surface area contributed by atoms with Crippen LogP contribution in [0.1, 0.15) is 56.2 Å². The zero-order valence-corrected chi connectivity index (χ0v) is 18.0. The van der Waals surface area contributed by atoms with Crippen LogP contribution in [0.4, 0.5) is 20.5 Å². The predicted molar refractivity (Wildman–Crippen MR) is 116 cm³/mol. The zero-order valence-electron chi connectivity index (χ0n) is 18.0. The van der Waals surface area contributed by atoms with Crippen LogP contribution in [-0.4, -0.2) is 36.6 Å². The summed E-state index contributed by atoms with van der Waals surface area (Å²) in [6, 6.07) is 2.48. The summed E-state index contributed by atoms with van der Waals surface area (Å²) >= 11 is 0. The molecule has 5 nitrogen and oxygen atoms in total. The molecule has 0 aliphatic carbocycles. The van der Waals surface area contributed by atoms with Gasteiger partial charge in [0.25, 0.3) is 5.56 Å². The molecule has 3 heterocycles. The summed E-state index contributed by atoms with van der Waals surface area (Å²) in [4.78, 5) is 24.5. The summed E-state index contributed by atoms with van der Waals surface area (Å²) in [5.74, 6) is 0.401. The van der Waals surface area contributed by atoms with Crippen LogP contribution >= 0.6 is 0 Å². The van der Waals surface area contributed by atoms with Gasteiger partial charge < -0.3 is 9.80 Å². The minimum Gasteiger partial charge on any atom is -0.359 e. The minimum atomic E-state index is -0.517. The average Bonchev–Trinajstić information content (AvgIpc) is 2.74. The van der Waals surface area contributed by atoms with Gasteiger partial charge in [-0.05, 0) is 55.7 Å². The second-order valence-corrected chi connectivity index (χ2v) is 8.61. The van der Waals surface area contributed by atoms with Gasteiger partial charge in [-0.15, -0.1) is 0 Å². The summed E-state index contributed by atoms with van der Waals surface area (Å²) in [5, 5.41) is 0. The Labute approximate surface area is 176 Å². The second-order valence-electron chi connectivity index (χ2n) is 8.61. The normalized spacial score (nSPS) is 18.4. The third-order valence-electron chi connectivity index (χ3n) is 7.01. The molecule has 30 heavy (non-hydrogen) atoms. The molecule has 2 aliphatic heterocycles. The smallest absolute Gasteiger partial charge is 0.257 e. The van der Waals surface area contributed by atoms with E-state index in [-0.39, 0.29) is 11.0 Å². The highest BCUT2D eigenvalue weighted by atomic mass is 19.1. The lowest BCUT2D eigenvalue weighted by Gasteiger charge is -2.43. The van der Waals surface area contributed by atoms with Crippen molar-refractivity contribution in [3.63, 3.8) is 0 Å². The molecular weight excluding hydrogens is 386 g/mol. The highest BCUT2D eigenvalue weighted by molar-refractivity contribution is 5.52. The van der Waals surface area contributed by atoms with E-state index in [1.165, 1.54) is 6.07 Å². The van der Waals surface area contributed by atoms with Crippen molar-refractivity contribution >= 4 is 11.8 Å². The number of nitrogens with one attached hydrogen (secondary N) is 1. The Bertz CT molecular complexity index is 995. The number of fused-ring (bicyclic) bond motifs is 1. The molecule has 1 aromatic heterocycles. The Kier molecular flexibility index (Phi) is 5.55. The molecule has 1 N–H and O–H groups in total. The van der Waals surface area contributed by atoms with Crippen molar-refractivity contribution in [1.82, 2.24) is 9.97 Å². The minimum absolute atomic E-state index is 0.0632. The van der Waals surface area contributed by atoms with Crippen LogP contribution in [0.25, 0.3) is 0 Å². The number of aromatic nitrogens is 2. The largest absolute Gasteiger partial charge is 0.359 e. The van der Waals surface area contributed by atoms with Crippen LogP contribution < -0.4 is 15.4 Å². The summed E-state index contributed by atoms with van der Waals surface area (Å²) in [6.07, 6.45) is 4.56. The number of halogens is 2. The summed E-state index contributed by atoms with van der Waals surface area (Å²) in [6.45, 7) is 6.24. The second kappa shape index (κ2) is 8.00. The topological polar surface area (TPSA) is 52.2 Å². The number of benzene rings is 1. The Morgan fingerprint density at radius 1 is 1.17 bits per heavy atom. The van der Waals surface area contributed by atoms with Gasteiger partial charge in [0.15, 0.2) is 0 Å². The molecule has 1 fully saturated rings. The van der Waals surface area contributed by atoms with E-state index in [1.54, 1.807) is 0 Å². The molecule has 0 bridgehead atoms. The van der Waals surface area contributed by atoms with Crippen molar-refractivity contribution in [2.24, 2.45) is 0 Å². The number of piperidine rings is 1. The maximum Gasteiger partial charge on any atom is 0.257 e. The van der Waals surface area contributed by atoms with Crippen molar-refractivity contribution < 1.29 is 8.78 Å². The molecule has 4 rings (SSSR count). The van der Waals surface area contributed by atoms with Crippen molar-refractivity contribution in [2.45, 2.75) is 57.8 Å². The summed E-state index contributed by atoms with van der Waals surface area (Å²) in [7, 11) is 1.97. The van der Waals surface area contributed by atoms with E-state index in [2.05, 4.69) is 16.8 Å². The molecule has 1 aromatic carbocycles. The Balaban J connectivity index is 1.63. The van der Waals surface area contributed by atoms with Gasteiger partial charge >= 0.3 is 0 Å². The number of anilines is 2. The molecule has 162 valence electrons. The van der Waals surface area contributed by atoms with Gasteiger partial charge in [0.2, 0.25) is 5.95 Å². The first-order valence-corrected chi connectivity index (χ1v) is 11.0. The molecule has 0 atom stereocenters. The van der Waals surface area contributed by atoms with Crippen LogP contribution in [0.5, 0.6) is 0 Å². The lowest BCUT2D eigenvalue weighted by atomic mass is 9.69. The lowest BCUT2D eigenvalue weighted by Crippen LogP contribution is -2.45. The third-order valence-corrected chi connectivity index (χ3v) is 7.01. The van der Waals surface area contributed by atoms with Crippen molar-refractivity contribution in [1.29, 1.82) is 0 Å². The number of hydrogen-bond donors (Lipinski definition) is 1. The number of aromatic amines is 1. The van der Waals surface area contributed by atoms with Gasteiger partial charge in [0.1, 0.15) is 17.5 Å². The van der Waals surface area contributed by atoms with Gasteiger partial charge in [0.05, 0.1) is 5.56 Å². The maximum atomic E-state index is 14.9. The van der Waals surface area contributed by atoms with Gasteiger partial charge in [0, 0.05) is 38.2 Å². The highest BCUT2D eigenvalue weighted by Gasteiger charge is 2.39. The van der Waals surface area contributed by atoms with Crippen LogP contribution in [-0.2, 0) is 18.3 Å².